The van der Waals surface area contributed by atoms with E-state index in [0.29, 0.717) is 0 Å². The SMILES string of the molecule is O=C(NC(C(=O)O)c1ccc([N+](=O)[O-])cc1)OCc1ccccc1. The molecule has 24 heavy (non-hydrogen) atoms. The van der Waals surface area contributed by atoms with Crippen LogP contribution in [0.5, 0.6) is 0 Å². The quantitative estimate of drug-likeness (QED) is 0.621. The van der Waals surface area contributed by atoms with Gasteiger partial charge in [-0.2, -0.15) is 0 Å². The van der Waals surface area contributed by atoms with Crippen molar-refractivity contribution in [2.75, 3.05) is 0 Å². The van der Waals surface area contributed by atoms with Crippen LogP contribution < -0.4 is 5.32 Å². The molecule has 0 aliphatic heterocycles. The molecule has 2 N–H and O–H groups in total. The second-order valence-corrected chi connectivity index (χ2v) is 4.83. The van der Waals surface area contributed by atoms with Crippen LogP contribution in [0.1, 0.15) is 17.2 Å². The van der Waals surface area contributed by atoms with Crippen molar-refractivity contribution in [2.45, 2.75) is 12.6 Å². The summed E-state index contributed by atoms with van der Waals surface area (Å²) in [6, 6.07) is 12.4. The molecule has 0 aliphatic rings. The van der Waals surface area contributed by atoms with Crippen molar-refractivity contribution in [3.63, 3.8) is 0 Å². The van der Waals surface area contributed by atoms with Crippen molar-refractivity contribution < 1.29 is 24.4 Å². The van der Waals surface area contributed by atoms with Gasteiger partial charge in [-0.1, -0.05) is 30.3 Å². The van der Waals surface area contributed by atoms with Crippen LogP contribution in [0.3, 0.4) is 0 Å². The fourth-order valence-corrected chi connectivity index (χ4v) is 1.96. The van der Waals surface area contributed by atoms with Gasteiger partial charge in [-0.05, 0) is 23.3 Å². The summed E-state index contributed by atoms with van der Waals surface area (Å²) in [5.74, 6) is -1.31. The first-order valence-corrected chi connectivity index (χ1v) is 6.92. The highest BCUT2D eigenvalue weighted by atomic mass is 16.6. The average molecular weight is 330 g/mol. The molecule has 8 heteroatoms. The summed E-state index contributed by atoms with van der Waals surface area (Å²) in [6.07, 6.45) is -0.899. The Morgan fingerprint density at radius 2 is 1.75 bits per heavy atom. The lowest BCUT2D eigenvalue weighted by Crippen LogP contribution is -2.34. The van der Waals surface area contributed by atoms with Crippen LogP contribution in [-0.2, 0) is 16.1 Å². The van der Waals surface area contributed by atoms with Crippen molar-refractivity contribution in [1.82, 2.24) is 5.32 Å². The fourth-order valence-electron chi connectivity index (χ4n) is 1.96. The molecule has 124 valence electrons. The van der Waals surface area contributed by atoms with Crippen LogP contribution in [0.4, 0.5) is 10.5 Å². The predicted molar refractivity (Wildman–Crippen MR) is 83.2 cm³/mol. The molecule has 0 heterocycles. The van der Waals surface area contributed by atoms with Gasteiger partial charge in [0, 0.05) is 12.1 Å². The molecule has 0 aromatic heterocycles. The van der Waals surface area contributed by atoms with Gasteiger partial charge in [0.25, 0.3) is 5.69 Å². The van der Waals surface area contributed by atoms with E-state index < -0.39 is 23.0 Å². The minimum absolute atomic E-state index is 0.000720. The van der Waals surface area contributed by atoms with Gasteiger partial charge in [-0.15, -0.1) is 0 Å². The standard InChI is InChI=1S/C16H14N2O6/c19-15(20)14(12-6-8-13(9-7-12)18(22)23)17-16(21)24-10-11-4-2-1-3-5-11/h1-9,14H,10H2,(H,17,21)(H,19,20). The molecule has 1 amide bonds. The van der Waals surface area contributed by atoms with Gasteiger partial charge in [0.05, 0.1) is 4.92 Å². The Labute approximate surface area is 136 Å². The Morgan fingerprint density at radius 3 is 2.29 bits per heavy atom. The van der Waals surface area contributed by atoms with Crippen LogP contribution in [0.15, 0.2) is 54.6 Å². The molecule has 2 rings (SSSR count). The van der Waals surface area contributed by atoms with Crippen molar-refractivity contribution in [1.29, 1.82) is 0 Å². The van der Waals surface area contributed by atoms with Crippen LogP contribution >= 0.6 is 0 Å². The predicted octanol–water partition coefficient (Wildman–Crippen LogP) is 2.65. The Kier molecular flexibility index (Phi) is 5.45. The molecule has 0 saturated heterocycles. The summed E-state index contributed by atoms with van der Waals surface area (Å²) in [5.41, 5.74) is 0.786. The number of carboxylic acids is 1. The third-order valence-electron chi connectivity index (χ3n) is 3.16. The summed E-state index contributed by atoms with van der Waals surface area (Å²) in [4.78, 5) is 33.1. The number of amides is 1. The number of nitro groups is 1. The lowest BCUT2D eigenvalue weighted by atomic mass is 10.1. The molecule has 2 aromatic carbocycles. The maximum atomic E-state index is 11.8. The van der Waals surface area contributed by atoms with Gasteiger partial charge in [0.15, 0.2) is 6.04 Å². The molecule has 2 aromatic rings. The van der Waals surface area contributed by atoms with E-state index in [2.05, 4.69) is 5.32 Å². The number of carboxylic acid groups (broad SMARTS) is 1. The number of carbonyl (C=O) groups excluding carboxylic acids is 1. The van der Waals surface area contributed by atoms with Crippen molar-refractivity contribution >= 4 is 17.7 Å². The summed E-state index contributed by atoms with van der Waals surface area (Å²) in [5, 5.41) is 22.1. The third-order valence-corrected chi connectivity index (χ3v) is 3.16. The molecular formula is C16H14N2O6. The number of alkyl carbamates (subject to hydrolysis) is 1. The van der Waals surface area contributed by atoms with E-state index in [1.165, 1.54) is 24.3 Å². The first-order valence-electron chi connectivity index (χ1n) is 6.92. The van der Waals surface area contributed by atoms with Crippen LogP contribution in [-0.4, -0.2) is 22.1 Å². The number of benzene rings is 2. The van der Waals surface area contributed by atoms with Gasteiger partial charge in [-0.3, -0.25) is 10.1 Å². The molecule has 0 fully saturated rings. The highest BCUT2D eigenvalue weighted by Gasteiger charge is 2.23. The lowest BCUT2D eigenvalue weighted by Gasteiger charge is -2.15. The Morgan fingerprint density at radius 1 is 1.12 bits per heavy atom. The zero-order chi connectivity index (χ0) is 17.5. The van der Waals surface area contributed by atoms with E-state index in [-0.39, 0.29) is 17.9 Å². The molecule has 0 aliphatic carbocycles. The number of non-ortho nitro benzene ring substituents is 1. The largest absolute Gasteiger partial charge is 0.479 e. The number of hydrogen-bond acceptors (Lipinski definition) is 5. The van der Waals surface area contributed by atoms with Gasteiger partial charge < -0.3 is 15.2 Å². The summed E-state index contributed by atoms with van der Waals surface area (Å²) in [6.45, 7) is -0.000720. The first-order chi connectivity index (χ1) is 11.5. The Hall–Kier alpha value is -3.42. The van der Waals surface area contributed by atoms with E-state index in [1.807, 2.05) is 6.07 Å². The topological polar surface area (TPSA) is 119 Å². The first kappa shape index (κ1) is 16.9. The van der Waals surface area contributed by atoms with Gasteiger partial charge in [0.2, 0.25) is 0 Å². The molecular weight excluding hydrogens is 316 g/mol. The smallest absolute Gasteiger partial charge is 0.408 e. The number of nitrogens with zero attached hydrogens (tertiary/aromatic N) is 1. The number of nitrogens with one attached hydrogen (secondary N) is 1. The highest BCUT2D eigenvalue weighted by molar-refractivity contribution is 5.81. The normalized spacial score (nSPS) is 11.3. The molecule has 8 nitrogen and oxygen atoms in total. The minimum Gasteiger partial charge on any atom is -0.479 e. The van der Waals surface area contributed by atoms with E-state index in [0.717, 1.165) is 5.56 Å². The zero-order valence-corrected chi connectivity index (χ0v) is 12.4. The minimum atomic E-state index is -1.37. The van der Waals surface area contributed by atoms with Crippen molar-refractivity contribution in [2.24, 2.45) is 0 Å². The second-order valence-electron chi connectivity index (χ2n) is 4.83. The number of nitro benzene ring substituents is 1. The highest BCUT2D eigenvalue weighted by Crippen LogP contribution is 2.18. The number of aliphatic carboxylic acids is 1. The Balaban J connectivity index is 2.01. The maximum absolute atomic E-state index is 11.8. The molecule has 0 radical (unpaired) electrons. The molecule has 0 saturated carbocycles. The fraction of sp³-hybridized carbons (Fsp3) is 0.125. The molecule has 1 unspecified atom stereocenters. The van der Waals surface area contributed by atoms with Crippen molar-refractivity contribution in [3.8, 4) is 0 Å². The summed E-state index contributed by atoms with van der Waals surface area (Å²) >= 11 is 0. The zero-order valence-electron chi connectivity index (χ0n) is 12.4. The maximum Gasteiger partial charge on any atom is 0.408 e. The molecule has 0 bridgehead atoms. The second kappa shape index (κ2) is 7.73. The number of rotatable bonds is 6. The molecule has 1 atom stereocenters. The third kappa shape index (κ3) is 4.54. The summed E-state index contributed by atoms with van der Waals surface area (Å²) in [7, 11) is 0. The number of carbonyl (C=O) groups is 2. The van der Waals surface area contributed by atoms with E-state index in [9.17, 15) is 24.8 Å². The van der Waals surface area contributed by atoms with Gasteiger partial charge in [-0.25, -0.2) is 9.59 Å². The van der Waals surface area contributed by atoms with Gasteiger partial charge >= 0.3 is 12.1 Å². The van der Waals surface area contributed by atoms with Crippen LogP contribution in [0.25, 0.3) is 0 Å². The Bertz CT molecular complexity index is 730. The van der Waals surface area contributed by atoms with Gasteiger partial charge in [0.1, 0.15) is 6.61 Å². The number of hydrogen-bond donors (Lipinski definition) is 2. The van der Waals surface area contributed by atoms with E-state index in [1.54, 1.807) is 24.3 Å². The van der Waals surface area contributed by atoms with E-state index >= 15 is 0 Å². The lowest BCUT2D eigenvalue weighted by molar-refractivity contribution is -0.384. The van der Waals surface area contributed by atoms with Crippen LogP contribution in [0.2, 0.25) is 0 Å². The number of ether oxygens (including phenoxy) is 1. The van der Waals surface area contributed by atoms with Crippen molar-refractivity contribution in [3.05, 3.63) is 75.8 Å². The van der Waals surface area contributed by atoms with Crippen LogP contribution in [0, 0.1) is 10.1 Å². The molecule has 0 spiro atoms. The average Bonchev–Trinajstić information content (AvgIpc) is 2.58. The monoisotopic (exact) mass is 330 g/mol. The van der Waals surface area contributed by atoms with E-state index in [4.69, 9.17) is 4.74 Å². The summed E-state index contributed by atoms with van der Waals surface area (Å²) < 4.78 is 4.97.